The summed E-state index contributed by atoms with van der Waals surface area (Å²) in [6.45, 7) is 0.223. The van der Waals surface area contributed by atoms with E-state index in [0.29, 0.717) is 28.3 Å². The van der Waals surface area contributed by atoms with Gasteiger partial charge in [0.25, 0.3) is 11.8 Å². The van der Waals surface area contributed by atoms with E-state index in [0.717, 1.165) is 12.8 Å². The zero-order valence-corrected chi connectivity index (χ0v) is 15.0. The first-order valence-corrected chi connectivity index (χ1v) is 8.33. The number of nitrogens with zero attached hydrogens (tertiary/aromatic N) is 2. The Morgan fingerprint density at radius 1 is 1.23 bits per heavy atom. The standard InChI is InChI=1S/C18H22N4O4/c1-22-9-14(16(21-22)10-25-2)18(24)20-15-7-6-12(26-3)8-13(15)17(23)19-11-4-5-11/h6-9,11H,4-5,10H2,1-3H3,(H,19,23)(H,20,24). The number of rotatable bonds is 7. The molecule has 0 radical (unpaired) electrons. The number of anilines is 1. The minimum absolute atomic E-state index is 0.212. The predicted molar refractivity (Wildman–Crippen MR) is 95.4 cm³/mol. The molecule has 1 heterocycles. The van der Waals surface area contributed by atoms with Crippen LogP contribution >= 0.6 is 0 Å². The Balaban J connectivity index is 1.86. The van der Waals surface area contributed by atoms with Gasteiger partial charge in [0, 0.05) is 26.4 Å². The summed E-state index contributed by atoms with van der Waals surface area (Å²) in [5.41, 5.74) is 1.71. The van der Waals surface area contributed by atoms with E-state index in [1.165, 1.54) is 7.11 Å². The number of hydrogen-bond acceptors (Lipinski definition) is 5. The van der Waals surface area contributed by atoms with Crippen molar-refractivity contribution in [3.63, 3.8) is 0 Å². The molecule has 1 aromatic heterocycles. The van der Waals surface area contributed by atoms with Crippen molar-refractivity contribution in [1.29, 1.82) is 0 Å². The van der Waals surface area contributed by atoms with Crippen LogP contribution in [-0.4, -0.2) is 41.9 Å². The lowest BCUT2D eigenvalue weighted by molar-refractivity contribution is 0.0951. The number of nitrogens with one attached hydrogen (secondary N) is 2. The Labute approximate surface area is 151 Å². The second-order valence-corrected chi connectivity index (χ2v) is 6.21. The Kier molecular flexibility index (Phi) is 5.22. The number of benzene rings is 1. The molecular weight excluding hydrogens is 336 g/mol. The summed E-state index contributed by atoms with van der Waals surface area (Å²) in [4.78, 5) is 25.2. The first-order chi connectivity index (χ1) is 12.5. The molecule has 1 saturated carbocycles. The van der Waals surface area contributed by atoms with E-state index in [-0.39, 0.29) is 24.5 Å². The van der Waals surface area contributed by atoms with Gasteiger partial charge in [-0.2, -0.15) is 5.10 Å². The molecule has 2 amide bonds. The molecule has 3 rings (SSSR count). The molecule has 2 aromatic rings. The van der Waals surface area contributed by atoms with Gasteiger partial charge in [0.05, 0.1) is 30.5 Å². The SMILES string of the molecule is COCc1nn(C)cc1C(=O)Nc1ccc(OC)cc1C(=O)NC1CC1. The molecule has 0 atom stereocenters. The summed E-state index contributed by atoms with van der Waals surface area (Å²) >= 11 is 0. The largest absolute Gasteiger partial charge is 0.497 e. The van der Waals surface area contributed by atoms with Crippen LogP contribution in [0.5, 0.6) is 5.75 Å². The molecule has 1 aliphatic rings. The van der Waals surface area contributed by atoms with E-state index in [9.17, 15) is 9.59 Å². The number of carbonyl (C=O) groups excluding carboxylic acids is 2. The van der Waals surface area contributed by atoms with Crippen molar-refractivity contribution in [2.75, 3.05) is 19.5 Å². The second kappa shape index (κ2) is 7.57. The van der Waals surface area contributed by atoms with Crippen molar-refractivity contribution in [2.24, 2.45) is 7.05 Å². The van der Waals surface area contributed by atoms with Gasteiger partial charge in [0.2, 0.25) is 0 Å². The molecule has 8 heteroatoms. The van der Waals surface area contributed by atoms with Gasteiger partial charge in [0.1, 0.15) is 11.4 Å². The number of carbonyl (C=O) groups is 2. The molecule has 0 spiro atoms. The van der Waals surface area contributed by atoms with Crippen molar-refractivity contribution in [3.05, 3.63) is 41.2 Å². The molecule has 0 saturated heterocycles. The first kappa shape index (κ1) is 17.9. The van der Waals surface area contributed by atoms with E-state index < -0.39 is 0 Å². The zero-order chi connectivity index (χ0) is 18.7. The van der Waals surface area contributed by atoms with Crippen molar-refractivity contribution >= 4 is 17.5 Å². The van der Waals surface area contributed by atoms with Crippen LogP contribution in [0.4, 0.5) is 5.69 Å². The summed E-state index contributed by atoms with van der Waals surface area (Å²) < 4.78 is 11.8. The third-order valence-electron chi connectivity index (χ3n) is 4.06. The van der Waals surface area contributed by atoms with Gasteiger partial charge in [-0.25, -0.2) is 0 Å². The van der Waals surface area contributed by atoms with E-state index in [2.05, 4.69) is 15.7 Å². The van der Waals surface area contributed by atoms with Gasteiger partial charge < -0.3 is 20.1 Å². The zero-order valence-electron chi connectivity index (χ0n) is 15.0. The van der Waals surface area contributed by atoms with Gasteiger partial charge >= 0.3 is 0 Å². The Bertz CT molecular complexity index is 827. The van der Waals surface area contributed by atoms with Crippen LogP contribution in [-0.2, 0) is 18.4 Å². The highest BCUT2D eigenvalue weighted by Crippen LogP contribution is 2.25. The number of amides is 2. The Hall–Kier alpha value is -2.87. The highest BCUT2D eigenvalue weighted by atomic mass is 16.5. The molecular formula is C18H22N4O4. The van der Waals surface area contributed by atoms with Crippen LogP contribution in [0, 0.1) is 0 Å². The highest BCUT2D eigenvalue weighted by molar-refractivity contribution is 6.09. The monoisotopic (exact) mass is 358 g/mol. The maximum Gasteiger partial charge on any atom is 0.259 e. The summed E-state index contributed by atoms with van der Waals surface area (Å²) in [7, 11) is 4.81. The van der Waals surface area contributed by atoms with Crippen molar-refractivity contribution in [3.8, 4) is 5.75 Å². The average molecular weight is 358 g/mol. The third kappa shape index (κ3) is 4.02. The normalized spacial score (nSPS) is 13.3. The minimum Gasteiger partial charge on any atom is -0.497 e. The fourth-order valence-electron chi connectivity index (χ4n) is 2.60. The van der Waals surface area contributed by atoms with Gasteiger partial charge in [-0.1, -0.05) is 0 Å². The lowest BCUT2D eigenvalue weighted by Crippen LogP contribution is -2.27. The molecule has 0 aliphatic heterocycles. The van der Waals surface area contributed by atoms with Crippen molar-refractivity contribution < 1.29 is 19.1 Å². The van der Waals surface area contributed by atoms with Crippen LogP contribution in [0.1, 0.15) is 39.3 Å². The van der Waals surface area contributed by atoms with Crippen LogP contribution in [0.15, 0.2) is 24.4 Å². The summed E-state index contributed by atoms with van der Waals surface area (Å²) in [6, 6.07) is 5.18. The lowest BCUT2D eigenvalue weighted by atomic mass is 10.1. The van der Waals surface area contributed by atoms with Crippen molar-refractivity contribution in [1.82, 2.24) is 15.1 Å². The fourth-order valence-corrected chi connectivity index (χ4v) is 2.60. The molecule has 138 valence electrons. The molecule has 26 heavy (non-hydrogen) atoms. The molecule has 0 bridgehead atoms. The summed E-state index contributed by atoms with van der Waals surface area (Å²) in [5, 5.41) is 9.96. The van der Waals surface area contributed by atoms with Gasteiger partial charge in [-0.3, -0.25) is 14.3 Å². The molecule has 1 aromatic carbocycles. The van der Waals surface area contributed by atoms with Gasteiger partial charge in [0.15, 0.2) is 0 Å². The fraction of sp³-hybridized carbons (Fsp3) is 0.389. The van der Waals surface area contributed by atoms with Crippen molar-refractivity contribution in [2.45, 2.75) is 25.5 Å². The third-order valence-corrected chi connectivity index (χ3v) is 4.06. The summed E-state index contributed by atoms with van der Waals surface area (Å²) in [5.74, 6) is -0.0359. The molecule has 8 nitrogen and oxygen atoms in total. The number of ether oxygens (including phenoxy) is 2. The van der Waals surface area contributed by atoms with E-state index in [4.69, 9.17) is 9.47 Å². The van der Waals surface area contributed by atoms with Gasteiger partial charge in [-0.15, -0.1) is 0 Å². The van der Waals surface area contributed by atoms with Crippen LogP contribution < -0.4 is 15.4 Å². The van der Waals surface area contributed by atoms with E-state index in [1.54, 1.807) is 43.2 Å². The number of hydrogen-bond donors (Lipinski definition) is 2. The van der Waals surface area contributed by atoms with E-state index in [1.807, 2.05) is 0 Å². The maximum absolute atomic E-state index is 12.7. The molecule has 1 fully saturated rings. The van der Waals surface area contributed by atoms with Gasteiger partial charge in [-0.05, 0) is 31.0 Å². The summed E-state index contributed by atoms with van der Waals surface area (Å²) in [6.07, 6.45) is 3.58. The van der Waals surface area contributed by atoms with E-state index >= 15 is 0 Å². The highest BCUT2D eigenvalue weighted by Gasteiger charge is 2.26. The maximum atomic E-state index is 12.7. The molecule has 1 aliphatic carbocycles. The Morgan fingerprint density at radius 3 is 2.65 bits per heavy atom. The second-order valence-electron chi connectivity index (χ2n) is 6.21. The predicted octanol–water partition coefficient (Wildman–Crippen LogP) is 1.72. The first-order valence-electron chi connectivity index (χ1n) is 8.33. The average Bonchev–Trinajstić information content (AvgIpc) is 3.35. The number of aromatic nitrogens is 2. The van der Waals surface area contributed by atoms with Crippen LogP contribution in [0.25, 0.3) is 0 Å². The van der Waals surface area contributed by atoms with Crippen LogP contribution in [0.3, 0.4) is 0 Å². The quantitative estimate of drug-likeness (QED) is 0.786. The molecule has 0 unspecified atom stereocenters. The minimum atomic E-state index is -0.351. The lowest BCUT2D eigenvalue weighted by Gasteiger charge is -2.13. The topological polar surface area (TPSA) is 94.5 Å². The van der Waals surface area contributed by atoms with Crippen LogP contribution in [0.2, 0.25) is 0 Å². The molecule has 2 N–H and O–H groups in total. The smallest absolute Gasteiger partial charge is 0.259 e. The number of methoxy groups -OCH3 is 2. The number of aryl methyl sites for hydroxylation is 1. The Morgan fingerprint density at radius 2 is 2.00 bits per heavy atom.